The highest BCUT2D eigenvalue weighted by Crippen LogP contribution is 2.17. The Morgan fingerprint density at radius 1 is 0.292 bits per heavy atom. The Hall–Kier alpha value is -1.85. The Morgan fingerprint density at radius 3 is 0.769 bits per heavy atom. The number of carbonyl (C=O) groups excluding carboxylic acids is 3. The first-order valence-electron chi connectivity index (χ1n) is 29.2. The maximum atomic E-state index is 12.8. The molecule has 0 rings (SSSR count). The van der Waals surface area contributed by atoms with Crippen molar-refractivity contribution < 1.29 is 28.6 Å². The number of hydrogen-bond acceptors (Lipinski definition) is 6. The molecule has 0 radical (unpaired) electrons. The fraction of sp³-hybridized carbons (Fsp3) is 0.915. The van der Waals surface area contributed by atoms with Gasteiger partial charge in [-0.05, 0) is 44.9 Å². The lowest BCUT2D eigenvalue weighted by Gasteiger charge is -2.18. The van der Waals surface area contributed by atoms with E-state index in [0.717, 1.165) is 57.8 Å². The van der Waals surface area contributed by atoms with Crippen LogP contribution < -0.4 is 0 Å². The van der Waals surface area contributed by atoms with Gasteiger partial charge in [0.15, 0.2) is 6.10 Å². The number of esters is 3. The quantitative estimate of drug-likeness (QED) is 0.0262. The van der Waals surface area contributed by atoms with Crippen LogP contribution in [-0.2, 0) is 28.6 Å². The topological polar surface area (TPSA) is 78.9 Å². The zero-order valence-corrected chi connectivity index (χ0v) is 44.0. The van der Waals surface area contributed by atoms with Crippen LogP contribution >= 0.6 is 0 Å². The summed E-state index contributed by atoms with van der Waals surface area (Å²) in [6.45, 7) is 6.69. The maximum absolute atomic E-state index is 12.8. The molecule has 384 valence electrons. The van der Waals surface area contributed by atoms with Crippen LogP contribution in [0.4, 0.5) is 0 Å². The molecule has 0 aliphatic rings. The van der Waals surface area contributed by atoms with Gasteiger partial charge in [-0.15, -0.1) is 0 Å². The lowest BCUT2D eigenvalue weighted by Crippen LogP contribution is -2.30. The fourth-order valence-electron chi connectivity index (χ4n) is 8.85. The van der Waals surface area contributed by atoms with Gasteiger partial charge in [-0.2, -0.15) is 0 Å². The highest BCUT2D eigenvalue weighted by Gasteiger charge is 2.19. The predicted octanol–water partition coefficient (Wildman–Crippen LogP) is 19.3. The first-order chi connectivity index (χ1) is 32.0. The van der Waals surface area contributed by atoms with Crippen molar-refractivity contribution in [1.29, 1.82) is 0 Å². The van der Waals surface area contributed by atoms with Gasteiger partial charge < -0.3 is 14.2 Å². The van der Waals surface area contributed by atoms with E-state index in [-0.39, 0.29) is 31.1 Å². The summed E-state index contributed by atoms with van der Waals surface area (Å²) in [6.07, 6.45) is 62.0. The number of unbranched alkanes of at least 4 members (excludes halogenated alkanes) is 41. The standard InChI is InChI=1S/C59H112O6/c1-4-7-10-13-16-19-22-25-26-27-28-29-30-31-32-35-37-40-43-46-49-52-58(61)64-55-56(65-59(62)53-50-47-44-41-38-34-24-21-18-15-12-9-6-3)54-63-57(60)51-48-45-42-39-36-33-23-20-17-14-11-8-5-2/h27-28,56H,4-26,29-55H2,1-3H3/b28-27-. The molecule has 0 fully saturated rings. The summed E-state index contributed by atoms with van der Waals surface area (Å²) in [4.78, 5) is 38.1. The van der Waals surface area contributed by atoms with Crippen molar-refractivity contribution in [2.24, 2.45) is 0 Å². The molecule has 0 saturated heterocycles. The highest BCUT2D eigenvalue weighted by atomic mass is 16.6. The van der Waals surface area contributed by atoms with Gasteiger partial charge >= 0.3 is 17.9 Å². The second kappa shape index (κ2) is 54.8. The van der Waals surface area contributed by atoms with Gasteiger partial charge in [0, 0.05) is 19.3 Å². The van der Waals surface area contributed by atoms with Crippen LogP contribution in [0.25, 0.3) is 0 Å². The van der Waals surface area contributed by atoms with E-state index >= 15 is 0 Å². The van der Waals surface area contributed by atoms with Crippen LogP contribution in [0.5, 0.6) is 0 Å². The lowest BCUT2D eigenvalue weighted by atomic mass is 10.0. The molecule has 0 aliphatic carbocycles. The van der Waals surface area contributed by atoms with Gasteiger partial charge in [-0.1, -0.05) is 277 Å². The molecule has 0 heterocycles. The smallest absolute Gasteiger partial charge is 0.306 e. The van der Waals surface area contributed by atoms with E-state index < -0.39 is 6.10 Å². The van der Waals surface area contributed by atoms with Crippen molar-refractivity contribution >= 4 is 17.9 Å². The van der Waals surface area contributed by atoms with E-state index in [0.29, 0.717) is 19.3 Å². The average Bonchev–Trinajstić information content (AvgIpc) is 3.30. The number of rotatable bonds is 54. The Bertz CT molecular complexity index is 1010. The highest BCUT2D eigenvalue weighted by molar-refractivity contribution is 5.71. The Kier molecular flexibility index (Phi) is 53.2. The molecule has 1 unspecified atom stereocenters. The van der Waals surface area contributed by atoms with Gasteiger partial charge in [-0.25, -0.2) is 0 Å². The van der Waals surface area contributed by atoms with Crippen LogP contribution in [0.3, 0.4) is 0 Å². The van der Waals surface area contributed by atoms with Gasteiger partial charge in [0.1, 0.15) is 13.2 Å². The molecule has 65 heavy (non-hydrogen) atoms. The summed E-state index contributed by atoms with van der Waals surface area (Å²) in [7, 11) is 0. The Morgan fingerprint density at radius 2 is 0.508 bits per heavy atom. The third kappa shape index (κ3) is 53.0. The van der Waals surface area contributed by atoms with Crippen molar-refractivity contribution in [3.8, 4) is 0 Å². The second-order valence-electron chi connectivity index (χ2n) is 19.9. The van der Waals surface area contributed by atoms with Crippen molar-refractivity contribution in [2.75, 3.05) is 13.2 Å². The third-order valence-corrected chi connectivity index (χ3v) is 13.3. The summed E-state index contributed by atoms with van der Waals surface area (Å²) in [5.41, 5.74) is 0. The summed E-state index contributed by atoms with van der Waals surface area (Å²) < 4.78 is 16.9. The van der Waals surface area contributed by atoms with E-state index in [1.165, 1.54) is 231 Å². The number of allylic oxidation sites excluding steroid dienone is 2. The van der Waals surface area contributed by atoms with Crippen molar-refractivity contribution in [1.82, 2.24) is 0 Å². The first kappa shape index (κ1) is 63.1. The van der Waals surface area contributed by atoms with Crippen LogP contribution in [0, 0.1) is 0 Å². The molecular formula is C59H112O6. The molecular weight excluding hydrogens is 805 g/mol. The Labute approximate surface area is 405 Å². The van der Waals surface area contributed by atoms with Crippen LogP contribution in [0.2, 0.25) is 0 Å². The molecule has 0 spiro atoms. The summed E-state index contributed by atoms with van der Waals surface area (Å²) in [5, 5.41) is 0. The predicted molar refractivity (Wildman–Crippen MR) is 280 cm³/mol. The summed E-state index contributed by atoms with van der Waals surface area (Å²) in [6, 6.07) is 0. The van der Waals surface area contributed by atoms with E-state index in [2.05, 4.69) is 32.9 Å². The zero-order valence-electron chi connectivity index (χ0n) is 44.0. The van der Waals surface area contributed by atoms with E-state index in [4.69, 9.17) is 14.2 Å². The molecule has 0 bridgehead atoms. The van der Waals surface area contributed by atoms with Gasteiger partial charge in [0.2, 0.25) is 0 Å². The Balaban J connectivity index is 4.25. The molecule has 6 heteroatoms. The third-order valence-electron chi connectivity index (χ3n) is 13.3. The molecule has 0 aromatic heterocycles. The van der Waals surface area contributed by atoms with E-state index in [1.54, 1.807) is 0 Å². The molecule has 0 aliphatic heterocycles. The van der Waals surface area contributed by atoms with Gasteiger partial charge in [-0.3, -0.25) is 14.4 Å². The summed E-state index contributed by atoms with van der Waals surface area (Å²) in [5.74, 6) is -0.843. The largest absolute Gasteiger partial charge is 0.462 e. The molecule has 0 saturated carbocycles. The second-order valence-corrected chi connectivity index (χ2v) is 19.9. The number of carbonyl (C=O) groups is 3. The molecule has 0 N–H and O–H groups in total. The number of hydrogen-bond donors (Lipinski definition) is 0. The number of ether oxygens (including phenoxy) is 3. The summed E-state index contributed by atoms with van der Waals surface area (Å²) >= 11 is 0. The minimum absolute atomic E-state index is 0.0645. The van der Waals surface area contributed by atoms with Crippen LogP contribution in [0.1, 0.15) is 329 Å². The molecule has 0 aromatic carbocycles. The van der Waals surface area contributed by atoms with E-state index in [1.807, 2.05) is 0 Å². The van der Waals surface area contributed by atoms with Crippen molar-refractivity contribution in [3.63, 3.8) is 0 Å². The van der Waals surface area contributed by atoms with Crippen LogP contribution in [0.15, 0.2) is 12.2 Å². The van der Waals surface area contributed by atoms with Crippen molar-refractivity contribution in [3.05, 3.63) is 12.2 Å². The normalized spacial score (nSPS) is 12.0. The van der Waals surface area contributed by atoms with Gasteiger partial charge in [0.25, 0.3) is 0 Å². The monoisotopic (exact) mass is 917 g/mol. The maximum Gasteiger partial charge on any atom is 0.306 e. The first-order valence-corrected chi connectivity index (χ1v) is 29.2. The fourth-order valence-corrected chi connectivity index (χ4v) is 8.85. The molecule has 1 atom stereocenters. The molecule has 0 amide bonds. The minimum atomic E-state index is -0.764. The van der Waals surface area contributed by atoms with Crippen molar-refractivity contribution in [2.45, 2.75) is 335 Å². The zero-order chi connectivity index (χ0) is 47.2. The SMILES string of the molecule is CCCCCCCCCC/C=C\CCCCCCCCCCCC(=O)OCC(COC(=O)CCCCCCCCCCCCCCC)OC(=O)CCCCCCCCCCCCCCC. The molecule has 6 nitrogen and oxygen atoms in total. The average molecular weight is 918 g/mol. The van der Waals surface area contributed by atoms with Gasteiger partial charge in [0.05, 0.1) is 0 Å². The van der Waals surface area contributed by atoms with Crippen LogP contribution in [-0.4, -0.2) is 37.2 Å². The lowest BCUT2D eigenvalue weighted by molar-refractivity contribution is -0.167. The minimum Gasteiger partial charge on any atom is -0.462 e. The van der Waals surface area contributed by atoms with E-state index in [9.17, 15) is 14.4 Å². The molecule has 0 aromatic rings.